The van der Waals surface area contributed by atoms with Crippen LogP contribution in [-0.2, 0) is 15.6 Å². The maximum atomic E-state index is 10.7. The van der Waals surface area contributed by atoms with Crippen molar-refractivity contribution in [2.45, 2.75) is 5.75 Å². The van der Waals surface area contributed by atoms with E-state index < -0.39 is 9.84 Å². The average Bonchev–Trinajstić information content (AvgIpc) is 2.32. The van der Waals surface area contributed by atoms with Crippen molar-refractivity contribution in [2.24, 2.45) is 0 Å². The average molecular weight is 188 g/mol. The van der Waals surface area contributed by atoms with Crippen molar-refractivity contribution in [3.05, 3.63) is 23.7 Å². The van der Waals surface area contributed by atoms with Gasteiger partial charge in [0.2, 0.25) is 0 Å². The Labute approximate surface area is 70.1 Å². The molecule has 0 spiro atoms. The zero-order chi connectivity index (χ0) is 9.19. The molecule has 0 aliphatic carbocycles. The Morgan fingerprint density at radius 1 is 1.50 bits per heavy atom. The van der Waals surface area contributed by atoms with E-state index in [-0.39, 0.29) is 11.5 Å². The van der Waals surface area contributed by atoms with Gasteiger partial charge in [-0.05, 0) is 12.1 Å². The Balaban J connectivity index is 2.84. The van der Waals surface area contributed by atoms with E-state index in [1.165, 1.54) is 12.1 Å². The molecule has 66 valence electrons. The standard InChI is InChI=1S/C7H8O4S/c1-12(9,10)5-7-3-2-6(4-8)11-7/h2-4H,5H2,1H3. The van der Waals surface area contributed by atoms with Gasteiger partial charge in [-0.2, -0.15) is 0 Å². The van der Waals surface area contributed by atoms with Crippen molar-refractivity contribution < 1.29 is 17.6 Å². The number of hydrogen-bond acceptors (Lipinski definition) is 4. The molecular formula is C7H8O4S. The second kappa shape index (κ2) is 3.10. The van der Waals surface area contributed by atoms with E-state index in [4.69, 9.17) is 4.42 Å². The molecule has 0 unspecified atom stereocenters. The smallest absolute Gasteiger partial charge is 0.185 e. The van der Waals surface area contributed by atoms with Crippen LogP contribution in [0.4, 0.5) is 0 Å². The van der Waals surface area contributed by atoms with Gasteiger partial charge in [0.05, 0.1) is 0 Å². The zero-order valence-electron chi connectivity index (χ0n) is 6.48. The minimum atomic E-state index is -3.08. The lowest BCUT2D eigenvalue weighted by molar-refractivity contribution is 0.109. The van der Waals surface area contributed by atoms with Crippen molar-refractivity contribution in [1.29, 1.82) is 0 Å². The number of carbonyl (C=O) groups is 1. The van der Waals surface area contributed by atoms with E-state index in [0.29, 0.717) is 12.0 Å². The molecule has 0 amide bonds. The molecule has 5 heteroatoms. The molecule has 0 aromatic carbocycles. The first-order chi connectivity index (χ1) is 5.51. The third kappa shape index (κ3) is 2.50. The highest BCUT2D eigenvalue weighted by Gasteiger charge is 2.08. The number of rotatable bonds is 3. The highest BCUT2D eigenvalue weighted by Crippen LogP contribution is 2.08. The third-order valence-electron chi connectivity index (χ3n) is 1.20. The summed E-state index contributed by atoms with van der Waals surface area (Å²) in [5.74, 6) is 0.272. The summed E-state index contributed by atoms with van der Waals surface area (Å²) in [4.78, 5) is 10.1. The number of aldehydes is 1. The van der Waals surface area contributed by atoms with Crippen molar-refractivity contribution in [1.82, 2.24) is 0 Å². The van der Waals surface area contributed by atoms with Gasteiger partial charge >= 0.3 is 0 Å². The maximum Gasteiger partial charge on any atom is 0.185 e. The van der Waals surface area contributed by atoms with Gasteiger partial charge in [-0.15, -0.1) is 0 Å². The molecule has 0 atom stereocenters. The first kappa shape index (κ1) is 8.99. The molecule has 0 bridgehead atoms. The molecule has 0 fully saturated rings. The minimum Gasteiger partial charge on any atom is -0.457 e. The van der Waals surface area contributed by atoms with Crippen LogP contribution in [0.15, 0.2) is 16.5 Å². The van der Waals surface area contributed by atoms with Crippen molar-refractivity contribution in [2.75, 3.05) is 6.26 Å². The van der Waals surface area contributed by atoms with Crippen LogP contribution in [0, 0.1) is 0 Å². The monoisotopic (exact) mass is 188 g/mol. The van der Waals surface area contributed by atoms with Crippen molar-refractivity contribution in [3.8, 4) is 0 Å². The van der Waals surface area contributed by atoms with Gasteiger partial charge in [-0.25, -0.2) is 8.42 Å². The fourth-order valence-electron chi connectivity index (χ4n) is 0.794. The lowest BCUT2D eigenvalue weighted by atomic mass is 10.4. The van der Waals surface area contributed by atoms with Gasteiger partial charge in [-0.3, -0.25) is 4.79 Å². The Bertz CT molecular complexity index is 374. The summed E-state index contributed by atoms with van der Waals surface area (Å²) >= 11 is 0. The maximum absolute atomic E-state index is 10.7. The van der Waals surface area contributed by atoms with Gasteiger partial charge in [0, 0.05) is 6.26 Å². The van der Waals surface area contributed by atoms with E-state index in [9.17, 15) is 13.2 Å². The zero-order valence-corrected chi connectivity index (χ0v) is 7.30. The van der Waals surface area contributed by atoms with Crippen molar-refractivity contribution in [3.63, 3.8) is 0 Å². The highest BCUT2D eigenvalue weighted by atomic mass is 32.2. The third-order valence-corrected chi connectivity index (χ3v) is 2.01. The molecule has 1 aromatic rings. The van der Waals surface area contributed by atoms with E-state index in [2.05, 4.69) is 0 Å². The summed E-state index contributed by atoms with van der Waals surface area (Å²) in [6, 6.07) is 2.91. The van der Waals surface area contributed by atoms with Crippen LogP contribution in [0.1, 0.15) is 16.3 Å². The Hall–Kier alpha value is -1.10. The first-order valence-electron chi connectivity index (χ1n) is 3.23. The summed E-state index contributed by atoms with van der Waals surface area (Å²) < 4.78 is 26.4. The Morgan fingerprint density at radius 2 is 2.17 bits per heavy atom. The Morgan fingerprint density at radius 3 is 2.58 bits per heavy atom. The molecular weight excluding hydrogens is 180 g/mol. The predicted molar refractivity (Wildman–Crippen MR) is 42.6 cm³/mol. The second-order valence-corrected chi connectivity index (χ2v) is 4.63. The number of hydrogen-bond donors (Lipinski definition) is 0. The molecule has 0 saturated heterocycles. The van der Waals surface area contributed by atoms with E-state index in [1.54, 1.807) is 0 Å². The molecule has 1 rings (SSSR count). The van der Waals surface area contributed by atoms with Gasteiger partial charge in [0.25, 0.3) is 0 Å². The number of sulfone groups is 1. The van der Waals surface area contributed by atoms with Crippen LogP contribution in [0.5, 0.6) is 0 Å². The molecule has 0 aliphatic heterocycles. The van der Waals surface area contributed by atoms with Gasteiger partial charge < -0.3 is 4.42 Å². The normalized spacial score (nSPS) is 11.4. The molecule has 4 nitrogen and oxygen atoms in total. The fraction of sp³-hybridized carbons (Fsp3) is 0.286. The summed E-state index contributed by atoms with van der Waals surface area (Å²) in [7, 11) is -3.08. The van der Waals surface area contributed by atoms with Gasteiger partial charge in [-0.1, -0.05) is 0 Å². The van der Waals surface area contributed by atoms with Crippen molar-refractivity contribution >= 4 is 16.1 Å². The molecule has 0 radical (unpaired) electrons. The minimum absolute atomic E-state index is 0.147. The highest BCUT2D eigenvalue weighted by molar-refractivity contribution is 7.89. The van der Waals surface area contributed by atoms with E-state index in [0.717, 1.165) is 6.26 Å². The number of carbonyl (C=O) groups excluding carboxylic acids is 1. The van der Waals surface area contributed by atoms with Crippen LogP contribution < -0.4 is 0 Å². The van der Waals surface area contributed by atoms with Crippen LogP contribution in [0.2, 0.25) is 0 Å². The molecule has 12 heavy (non-hydrogen) atoms. The Kier molecular flexibility index (Phi) is 2.32. The quantitative estimate of drug-likeness (QED) is 0.653. The lowest BCUT2D eigenvalue weighted by Crippen LogP contribution is -1.98. The lowest BCUT2D eigenvalue weighted by Gasteiger charge is -1.91. The van der Waals surface area contributed by atoms with E-state index in [1.807, 2.05) is 0 Å². The largest absolute Gasteiger partial charge is 0.457 e. The number of furan rings is 1. The summed E-state index contributed by atoms with van der Waals surface area (Å²) in [5.41, 5.74) is 0. The molecule has 1 heterocycles. The van der Waals surface area contributed by atoms with Crippen LogP contribution in [-0.4, -0.2) is 21.0 Å². The summed E-state index contributed by atoms with van der Waals surface area (Å²) in [5, 5.41) is 0. The van der Waals surface area contributed by atoms with Gasteiger partial charge in [0.1, 0.15) is 11.5 Å². The van der Waals surface area contributed by atoms with E-state index >= 15 is 0 Å². The topological polar surface area (TPSA) is 64.3 Å². The van der Waals surface area contributed by atoms with Gasteiger partial charge in [0.15, 0.2) is 21.9 Å². The molecule has 0 aliphatic rings. The summed E-state index contributed by atoms with van der Waals surface area (Å²) in [6.45, 7) is 0. The SMILES string of the molecule is CS(=O)(=O)Cc1ccc(C=O)o1. The molecule has 1 aromatic heterocycles. The molecule has 0 saturated carbocycles. The predicted octanol–water partition coefficient (Wildman–Crippen LogP) is 0.637. The first-order valence-corrected chi connectivity index (χ1v) is 5.29. The summed E-state index contributed by atoms with van der Waals surface area (Å²) in [6.07, 6.45) is 1.64. The van der Waals surface area contributed by atoms with Crippen LogP contribution in [0.3, 0.4) is 0 Å². The van der Waals surface area contributed by atoms with Crippen LogP contribution in [0.25, 0.3) is 0 Å². The molecule has 0 N–H and O–H groups in total. The van der Waals surface area contributed by atoms with Crippen LogP contribution >= 0.6 is 0 Å². The second-order valence-electron chi connectivity index (χ2n) is 2.49. The fourth-order valence-corrected chi connectivity index (χ4v) is 1.47.